The first kappa shape index (κ1) is 17.1. The van der Waals surface area contributed by atoms with Crippen LogP contribution in [0.25, 0.3) is 0 Å². The van der Waals surface area contributed by atoms with Crippen molar-refractivity contribution in [2.24, 2.45) is 5.41 Å². The third kappa shape index (κ3) is 4.25. The number of aromatic nitrogens is 2. The Morgan fingerprint density at radius 3 is 2.45 bits per heavy atom. The summed E-state index contributed by atoms with van der Waals surface area (Å²) in [4.78, 5) is 8.72. The predicted molar refractivity (Wildman–Crippen MR) is 82.6 cm³/mol. The first-order valence-electron chi connectivity index (χ1n) is 7.62. The van der Waals surface area contributed by atoms with Crippen LogP contribution >= 0.6 is 0 Å². The summed E-state index contributed by atoms with van der Waals surface area (Å²) >= 11 is 0. The fourth-order valence-corrected chi connectivity index (χ4v) is 2.68. The van der Waals surface area contributed by atoms with Crippen molar-refractivity contribution in [3.8, 4) is 0 Å². The molecule has 1 unspecified atom stereocenters. The summed E-state index contributed by atoms with van der Waals surface area (Å²) in [5.41, 5.74) is 2.38. The number of nitrogens with one attached hydrogen (secondary N) is 1. The van der Waals surface area contributed by atoms with Gasteiger partial charge in [-0.05, 0) is 45.4 Å². The molecule has 1 heterocycles. The van der Waals surface area contributed by atoms with E-state index in [1.165, 1.54) is 0 Å². The Kier molecular flexibility index (Phi) is 6.56. The minimum Gasteiger partial charge on any atom is -0.396 e. The third-order valence-corrected chi connectivity index (χ3v) is 4.53. The molecule has 1 atom stereocenters. The van der Waals surface area contributed by atoms with E-state index in [9.17, 15) is 5.11 Å². The fraction of sp³-hybridized carbons (Fsp3) is 0.750. The average Bonchev–Trinajstić information content (AvgIpc) is 2.43. The van der Waals surface area contributed by atoms with Gasteiger partial charge in [-0.25, -0.2) is 9.97 Å². The van der Waals surface area contributed by atoms with Gasteiger partial charge in [-0.1, -0.05) is 13.8 Å². The largest absolute Gasteiger partial charge is 0.396 e. The van der Waals surface area contributed by atoms with E-state index in [4.69, 9.17) is 0 Å². The van der Waals surface area contributed by atoms with Crippen LogP contribution in [0.15, 0.2) is 6.20 Å². The van der Waals surface area contributed by atoms with Gasteiger partial charge in [-0.2, -0.15) is 0 Å². The van der Waals surface area contributed by atoms with E-state index >= 15 is 0 Å². The minimum absolute atomic E-state index is 0.183. The molecule has 0 bridgehead atoms. The SMILES string of the molecule is CCC(CC)(CCO)CNC(C)c1cnc(C)nc1C. The van der Waals surface area contributed by atoms with Crippen molar-refractivity contribution in [3.63, 3.8) is 0 Å². The molecule has 114 valence electrons. The highest BCUT2D eigenvalue weighted by molar-refractivity contribution is 5.19. The topological polar surface area (TPSA) is 58.0 Å². The molecule has 0 aromatic carbocycles. The van der Waals surface area contributed by atoms with Crippen molar-refractivity contribution in [2.75, 3.05) is 13.2 Å². The van der Waals surface area contributed by atoms with E-state index in [0.717, 1.165) is 42.9 Å². The lowest BCUT2D eigenvalue weighted by Gasteiger charge is -2.33. The number of hydrogen-bond donors (Lipinski definition) is 2. The second kappa shape index (κ2) is 7.70. The maximum atomic E-state index is 9.27. The molecule has 0 aliphatic rings. The van der Waals surface area contributed by atoms with E-state index in [-0.39, 0.29) is 18.1 Å². The molecule has 2 N–H and O–H groups in total. The van der Waals surface area contributed by atoms with E-state index in [1.54, 1.807) is 0 Å². The van der Waals surface area contributed by atoms with Crippen molar-refractivity contribution in [1.82, 2.24) is 15.3 Å². The summed E-state index contributed by atoms with van der Waals surface area (Å²) in [5.74, 6) is 0.815. The Morgan fingerprint density at radius 1 is 1.30 bits per heavy atom. The standard InChI is InChI=1S/C16H29N3O/c1-6-16(7-2,8-9-20)11-18-12(3)15-10-17-14(5)19-13(15)4/h10,12,18,20H,6-9,11H2,1-5H3. The summed E-state index contributed by atoms with van der Waals surface area (Å²) in [6.45, 7) is 11.7. The molecule has 4 nitrogen and oxygen atoms in total. The van der Waals surface area contributed by atoms with Crippen LogP contribution in [-0.2, 0) is 0 Å². The maximum Gasteiger partial charge on any atom is 0.125 e. The molecule has 0 amide bonds. The lowest BCUT2D eigenvalue weighted by molar-refractivity contribution is 0.160. The molecule has 0 fully saturated rings. The van der Waals surface area contributed by atoms with Gasteiger partial charge in [0, 0.05) is 36.6 Å². The molecule has 0 aliphatic carbocycles. The lowest BCUT2D eigenvalue weighted by Crippen LogP contribution is -2.36. The van der Waals surface area contributed by atoms with Crippen molar-refractivity contribution in [2.45, 2.75) is 59.9 Å². The predicted octanol–water partition coefficient (Wildman–Crippen LogP) is 2.93. The van der Waals surface area contributed by atoms with Crippen LogP contribution in [0.3, 0.4) is 0 Å². The van der Waals surface area contributed by atoms with Crippen molar-refractivity contribution >= 4 is 0 Å². The van der Waals surface area contributed by atoms with E-state index in [2.05, 4.69) is 36.1 Å². The Labute approximate surface area is 123 Å². The minimum atomic E-state index is 0.183. The van der Waals surface area contributed by atoms with Gasteiger partial charge in [0.05, 0.1) is 0 Å². The molecule has 1 rings (SSSR count). The summed E-state index contributed by atoms with van der Waals surface area (Å²) in [5, 5.41) is 12.9. The fourth-order valence-electron chi connectivity index (χ4n) is 2.68. The van der Waals surface area contributed by atoms with Crippen LogP contribution in [0.1, 0.15) is 63.2 Å². The first-order chi connectivity index (χ1) is 9.48. The van der Waals surface area contributed by atoms with Gasteiger partial charge in [0.25, 0.3) is 0 Å². The van der Waals surface area contributed by atoms with Crippen LogP contribution in [0.4, 0.5) is 0 Å². The monoisotopic (exact) mass is 279 g/mol. The highest BCUT2D eigenvalue weighted by atomic mass is 16.3. The Balaban J connectivity index is 2.72. The van der Waals surface area contributed by atoms with Gasteiger partial charge in [0.1, 0.15) is 5.82 Å². The molecule has 20 heavy (non-hydrogen) atoms. The van der Waals surface area contributed by atoms with Gasteiger partial charge in [-0.3, -0.25) is 0 Å². The molecular formula is C16H29N3O. The smallest absolute Gasteiger partial charge is 0.125 e. The van der Waals surface area contributed by atoms with Crippen molar-refractivity contribution in [1.29, 1.82) is 0 Å². The summed E-state index contributed by atoms with van der Waals surface area (Å²) < 4.78 is 0. The van der Waals surface area contributed by atoms with E-state index < -0.39 is 0 Å². The van der Waals surface area contributed by atoms with E-state index in [0.29, 0.717) is 0 Å². The summed E-state index contributed by atoms with van der Waals surface area (Å²) in [6.07, 6.45) is 4.92. The molecule has 0 saturated heterocycles. The number of aliphatic hydroxyl groups is 1. The average molecular weight is 279 g/mol. The van der Waals surface area contributed by atoms with Crippen molar-refractivity contribution in [3.05, 3.63) is 23.3 Å². The Bertz CT molecular complexity index is 416. The van der Waals surface area contributed by atoms with Gasteiger partial charge in [-0.15, -0.1) is 0 Å². The molecular weight excluding hydrogens is 250 g/mol. The second-order valence-corrected chi connectivity index (χ2v) is 5.74. The highest BCUT2D eigenvalue weighted by Gasteiger charge is 2.26. The zero-order valence-corrected chi connectivity index (χ0v) is 13.5. The third-order valence-electron chi connectivity index (χ3n) is 4.53. The van der Waals surface area contributed by atoms with Crippen LogP contribution in [0.5, 0.6) is 0 Å². The van der Waals surface area contributed by atoms with Crippen LogP contribution < -0.4 is 5.32 Å². The molecule has 1 aromatic heterocycles. The highest BCUT2D eigenvalue weighted by Crippen LogP contribution is 2.30. The lowest BCUT2D eigenvalue weighted by atomic mass is 9.79. The Morgan fingerprint density at radius 2 is 1.95 bits per heavy atom. The van der Waals surface area contributed by atoms with Gasteiger partial charge in [0.15, 0.2) is 0 Å². The van der Waals surface area contributed by atoms with Crippen molar-refractivity contribution < 1.29 is 5.11 Å². The Hall–Kier alpha value is -1.00. The first-order valence-corrected chi connectivity index (χ1v) is 7.62. The van der Waals surface area contributed by atoms with Crippen LogP contribution in [0, 0.1) is 19.3 Å². The molecule has 0 aliphatic heterocycles. The molecule has 0 spiro atoms. The molecule has 0 radical (unpaired) electrons. The number of aryl methyl sites for hydroxylation is 2. The van der Waals surface area contributed by atoms with Crippen LogP contribution in [0.2, 0.25) is 0 Å². The number of aliphatic hydroxyl groups excluding tert-OH is 1. The molecule has 0 saturated carbocycles. The normalized spacial score (nSPS) is 13.5. The zero-order valence-electron chi connectivity index (χ0n) is 13.5. The summed E-state index contributed by atoms with van der Waals surface area (Å²) in [6, 6.07) is 0.228. The van der Waals surface area contributed by atoms with Gasteiger partial charge < -0.3 is 10.4 Å². The number of hydrogen-bond acceptors (Lipinski definition) is 4. The van der Waals surface area contributed by atoms with E-state index in [1.807, 2.05) is 20.0 Å². The molecule has 4 heteroatoms. The van der Waals surface area contributed by atoms with Gasteiger partial charge >= 0.3 is 0 Å². The quantitative estimate of drug-likeness (QED) is 0.768. The summed E-state index contributed by atoms with van der Waals surface area (Å²) in [7, 11) is 0. The zero-order chi connectivity index (χ0) is 15.2. The second-order valence-electron chi connectivity index (χ2n) is 5.74. The maximum absolute atomic E-state index is 9.27. The molecule has 1 aromatic rings. The number of nitrogens with zero attached hydrogens (tertiary/aromatic N) is 2. The van der Waals surface area contributed by atoms with Crippen LogP contribution in [-0.4, -0.2) is 28.2 Å². The number of rotatable bonds is 8. The van der Waals surface area contributed by atoms with Gasteiger partial charge in [0.2, 0.25) is 0 Å².